The summed E-state index contributed by atoms with van der Waals surface area (Å²) >= 11 is 0. The van der Waals surface area contributed by atoms with Crippen LogP contribution in [0.3, 0.4) is 0 Å². The second-order valence-corrected chi connectivity index (χ2v) is 10.4. The number of nitrogens with zero attached hydrogens (tertiary/aromatic N) is 4. The van der Waals surface area contributed by atoms with Gasteiger partial charge in [-0.25, -0.2) is 0 Å². The summed E-state index contributed by atoms with van der Waals surface area (Å²) in [5.74, 6) is 0.851. The molecule has 4 rings (SSSR count). The van der Waals surface area contributed by atoms with Crippen molar-refractivity contribution in [3.8, 4) is 11.4 Å². The standard InChI is InChI=1S/C30H39N5O3.ClH/c1-6-7-8-13-31-28(36)18-35(27-17-24(12-10-21(27)3)30-32-22(4)38-33-30)19-29(37)34(5)26-15-23-11-9-20(2)14-25(23)16-26;/h9-12,14,17,26H,6-8,13,15-16,18-19H2,1-5H3,(H,31,36);1H. The van der Waals surface area contributed by atoms with Gasteiger partial charge in [0.15, 0.2) is 0 Å². The molecular formula is C30H40ClN5O3. The van der Waals surface area contributed by atoms with E-state index in [1.807, 2.05) is 42.0 Å². The van der Waals surface area contributed by atoms with Gasteiger partial charge in [-0.15, -0.1) is 12.4 Å². The number of aromatic nitrogens is 2. The molecule has 2 aromatic carbocycles. The molecule has 1 N–H and O–H groups in total. The first kappa shape index (κ1) is 30.2. The summed E-state index contributed by atoms with van der Waals surface area (Å²) in [6, 6.07) is 12.5. The Morgan fingerprint density at radius 2 is 1.79 bits per heavy atom. The Balaban J connectivity index is 0.00000420. The largest absolute Gasteiger partial charge is 0.355 e. The van der Waals surface area contributed by atoms with E-state index in [9.17, 15) is 9.59 Å². The van der Waals surface area contributed by atoms with Crippen molar-refractivity contribution in [2.75, 3.05) is 31.6 Å². The highest BCUT2D eigenvalue weighted by molar-refractivity contribution is 5.87. The molecule has 1 aliphatic carbocycles. The third-order valence-corrected chi connectivity index (χ3v) is 7.31. The van der Waals surface area contributed by atoms with Crippen molar-refractivity contribution in [2.24, 2.45) is 0 Å². The van der Waals surface area contributed by atoms with E-state index in [4.69, 9.17) is 4.52 Å². The SMILES string of the molecule is CCCCCNC(=O)CN(CC(=O)N(C)C1Cc2ccc(C)cc2C1)c1cc(-c2noc(C)n2)ccc1C.Cl. The molecule has 39 heavy (non-hydrogen) atoms. The number of aryl methyl sites for hydroxylation is 3. The van der Waals surface area contributed by atoms with E-state index in [-0.39, 0.29) is 43.4 Å². The number of fused-ring (bicyclic) bond motifs is 1. The molecule has 0 radical (unpaired) electrons. The number of benzene rings is 2. The fourth-order valence-electron chi connectivity index (χ4n) is 5.04. The molecular weight excluding hydrogens is 514 g/mol. The second-order valence-electron chi connectivity index (χ2n) is 10.4. The number of likely N-dealkylation sites (N-methyl/N-ethyl adjacent to an activating group) is 1. The Bertz CT molecular complexity index is 1290. The molecule has 0 bridgehead atoms. The second kappa shape index (κ2) is 13.6. The van der Waals surface area contributed by atoms with Gasteiger partial charge < -0.3 is 19.6 Å². The lowest BCUT2D eigenvalue weighted by Gasteiger charge is -2.30. The van der Waals surface area contributed by atoms with Gasteiger partial charge in [-0.2, -0.15) is 4.98 Å². The summed E-state index contributed by atoms with van der Waals surface area (Å²) in [6.45, 7) is 8.78. The number of hydrogen-bond acceptors (Lipinski definition) is 6. The minimum Gasteiger partial charge on any atom is -0.355 e. The smallest absolute Gasteiger partial charge is 0.242 e. The van der Waals surface area contributed by atoms with Gasteiger partial charge in [-0.3, -0.25) is 9.59 Å². The van der Waals surface area contributed by atoms with Gasteiger partial charge >= 0.3 is 0 Å². The third-order valence-electron chi connectivity index (χ3n) is 7.31. The highest BCUT2D eigenvalue weighted by atomic mass is 35.5. The van der Waals surface area contributed by atoms with Crippen LogP contribution in [0.1, 0.15) is 54.3 Å². The zero-order chi connectivity index (χ0) is 27.2. The summed E-state index contributed by atoms with van der Waals surface area (Å²) in [6.07, 6.45) is 4.80. The molecule has 1 atom stereocenters. The molecule has 210 valence electrons. The van der Waals surface area contributed by atoms with Crippen LogP contribution >= 0.6 is 12.4 Å². The van der Waals surface area contributed by atoms with Crippen LogP contribution in [0.15, 0.2) is 40.9 Å². The van der Waals surface area contributed by atoms with Crippen LogP contribution < -0.4 is 10.2 Å². The predicted molar refractivity (Wildman–Crippen MR) is 156 cm³/mol. The predicted octanol–water partition coefficient (Wildman–Crippen LogP) is 4.82. The summed E-state index contributed by atoms with van der Waals surface area (Å²) in [5.41, 5.74) is 6.41. The quantitative estimate of drug-likeness (QED) is 0.342. The van der Waals surface area contributed by atoms with Crippen LogP contribution in [0, 0.1) is 20.8 Å². The number of unbranched alkanes of at least 4 members (excludes halogenated alkanes) is 2. The first-order valence-corrected chi connectivity index (χ1v) is 13.5. The van der Waals surface area contributed by atoms with Crippen molar-refractivity contribution in [2.45, 2.75) is 65.8 Å². The van der Waals surface area contributed by atoms with Gasteiger partial charge in [0, 0.05) is 37.8 Å². The Kier molecular flexibility index (Phi) is 10.5. The molecule has 9 heteroatoms. The fraction of sp³-hybridized carbons (Fsp3) is 0.467. The number of amides is 2. The molecule has 1 unspecified atom stereocenters. The van der Waals surface area contributed by atoms with E-state index in [1.165, 1.54) is 16.7 Å². The topological polar surface area (TPSA) is 91.6 Å². The number of anilines is 1. The summed E-state index contributed by atoms with van der Waals surface area (Å²) in [5, 5.41) is 7.06. The Morgan fingerprint density at radius 3 is 2.51 bits per heavy atom. The third kappa shape index (κ3) is 7.60. The average Bonchev–Trinajstić information content (AvgIpc) is 3.52. The van der Waals surface area contributed by atoms with E-state index < -0.39 is 0 Å². The van der Waals surface area contributed by atoms with E-state index in [0.29, 0.717) is 18.3 Å². The molecule has 3 aromatic rings. The Hall–Kier alpha value is -3.39. The first-order chi connectivity index (χ1) is 18.2. The fourth-order valence-corrected chi connectivity index (χ4v) is 5.04. The summed E-state index contributed by atoms with van der Waals surface area (Å²) in [7, 11) is 1.88. The number of carbonyl (C=O) groups is 2. The minimum atomic E-state index is -0.0967. The van der Waals surface area contributed by atoms with Gasteiger partial charge in [-0.05, 0) is 55.9 Å². The van der Waals surface area contributed by atoms with Gasteiger partial charge in [-0.1, -0.05) is 60.8 Å². The zero-order valence-electron chi connectivity index (χ0n) is 23.6. The first-order valence-electron chi connectivity index (χ1n) is 13.5. The van der Waals surface area contributed by atoms with E-state index in [0.717, 1.165) is 48.9 Å². The van der Waals surface area contributed by atoms with Crippen LogP contribution in [0.5, 0.6) is 0 Å². The van der Waals surface area contributed by atoms with Crippen LogP contribution in [-0.2, 0) is 22.4 Å². The molecule has 0 saturated carbocycles. The van der Waals surface area contributed by atoms with Crippen molar-refractivity contribution in [3.63, 3.8) is 0 Å². The lowest BCUT2D eigenvalue weighted by atomic mass is 10.1. The van der Waals surface area contributed by atoms with Crippen molar-refractivity contribution in [1.29, 1.82) is 0 Å². The maximum Gasteiger partial charge on any atom is 0.242 e. The van der Waals surface area contributed by atoms with Gasteiger partial charge in [0.25, 0.3) is 0 Å². The van der Waals surface area contributed by atoms with Gasteiger partial charge in [0.05, 0.1) is 13.1 Å². The van der Waals surface area contributed by atoms with E-state index in [2.05, 4.69) is 47.5 Å². The van der Waals surface area contributed by atoms with E-state index >= 15 is 0 Å². The molecule has 8 nitrogen and oxygen atoms in total. The van der Waals surface area contributed by atoms with E-state index in [1.54, 1.807) is 6.92 Å². The Morgan fingerprint density at radius 1 is 1.03 bits per heavy atom. The van der Waals surface area contributed by atoms with Crippen LogP contribution in [0.2, 0.25) is 0 Å². The Labute approximate surface area is 237 Å². The van der Waals surface area contributed by atoms with Crippen molar-refractivity contribution < 1.29 is 14.1 Å². The maximum absolute atomic E-state index is 13.6. The highest BCUT2D eigenvalue weighted by Gasteiger charge is 2.29. The van der Waals surface area contributed by atoms with Crippen LogP contribution in [-0.4, -0.2) is 59.6 Å². The number of halogens is 1. The van der Waals surface area contributed by atoms with Gasteiger partial charge in [0.2, 0.25) is 23.5 Å². The molecule has 1 aliphatic rings. The number of nitrogens with one attached hydrogen (secondary N) is 1. The molecule has 1 aromatic heterocycles. The van der Waals surface area contributed by atoms with Crippen molar-refractivity contribution >= 4 is 29.9 Å². The minimum absolute atomic E-state index is 0. The molecule has 0 fully saturated rings. The van der Waals surface area contributed by atoms with Crippen molar-refractivity contribution in [1.82, 2.24) is 20.4 Å². The van der Waals surface area contributed by atoms with Gasteiger partial charge in [0.1, 0.15) is 0 Å². The number of carbonyl (C=O) groups excluding carboxylic acids is 2. The lowest BCUT2D eigenvalue weighted by molar-refractivity contribution is -0.130. The van der Waals surface area contributed by atoms with Crippen LogP contribution in [0.25, 0.3) is 11.4 Å². The van der Waals surface area contributed by atoms with Crippen LogP contribution in [0.4, 0.5) is 5.69 Å². The average molecular weight is 554 g/mol. The lowest BCUT2D eigenvalue weighted by Crippen LogP contribution is -2.47. The molecule has 0 spiro atoms. The molecule has 2 amide bonds. The number of rotatable bonds is 11. The normalized spacial score (nSPS) is 13.9. The molecule has 0 aliphatic heterocycles. The summed E-state index contributed by atoms with van der Waals surface area (Å²) < 4.78 is 5.17. The summed E-state index contributed by atoms with van der Waals surface area (Å²) in [4.78, 5) is 34.6. The zero-order valence-corrected chi connectivity index (χ0v) is 24.4. The maximum atomic E-state index is 13.6. The van der Waals surface area contributed by atoms with Crippen molar-refractivity contribution in [3.05, 3.63) is 64.5 Å². The molecule has 0 saturated heterocycles. The molecule has 1 heterocycles. The monoisotopic (exact) mass is 553 g/mol. The highest BCUT2D eigenvalue weighted by Crippen LogP contribution is 2.28. The number of hydrogen-bond donors (Lipinski definition) is 1.